The van der Waals surface area contributed by atoms with Crippen LogP contribution in [0.4, 0.5) is 0 Å². The lowest BCUT2D eigenvalue weighted by Crippen LogP contribution is -2.45. The zero-order chi connectivity index (χ0) is 17.4. The van der Waals surface area contributed by atoms with Crippen LogP contribution in [-0.2, 0) is 5.41 Å². The lowest BCUT2D eigenvalue weighted by Gasteiger charge is -2.39. The first kappa shape index (κ1) is 15.7. The van der Waals surface area contributed by atoms with Gasteiger partial charge in [0, 0.05) is 36.3 Å². The van der Waals surface area contributed by atoms with Crippen LogP contribution in [0.3, 0.4) is 0 Å². The second-order valence-corrected chi connectivity index (χ2v) is 7.54. The zero-order valence-electron chi connectivity index (χ0n) is 14.6. The molecule has 5 nitrogen and oxygen atoms in total. The predicted molar refractivity (Wildman–Crippen MR) is 98.6 cm³/mol. The molecule has 0 saturated heterocycles. The van der Waals surface area contributed by atoms with Crippen molar-refractivity contribution in [3.05, 3.63) is 66.2 Å². The maximum absolute atomic E-state index is 5.52. The lowest BCUT2D eigenvalue weighted by molar-refractivity contribution is 0.211. The van der Waals surface area contributed by atoms with Crippen LogP contribution in [0.5, 0.6) is 0 Å². The van der Waals surface area contributed by atoms with Crippen molar-refractivity contribution in [1.82, 2.24) is 20.4 Å². The van der Waals surface area contributed by atoms with Gasteiger partial charge in [-0.3, -0.25) is 4.98 Å². The van der Waals surface area contributed by atoms with Crippen molar-refractivity contribution >= 4 is 0 Å². The van der Waals surface area contributed by atoms with E-state index in [9.17, 15) is 0 Å². The Hall–Kier alpha value is -2.53. The van der Waals surface area contributed by atoms with Crippen molar-refractivity contribution < 1.29 is 4.52 Å². The SMILES string of the molecule is c1ccc(C2C[C@@H]2NCC2(c3noc(-c4cccnc4)n3)CCC2)cc1. The summed E-state index contributed by atoms with van der Waals surface area (Å²) in [6.45, 7) is 0.924. The van der Waals surface area contributed by atoms with E-state index in [4.69, 9.17) is 9.51 Å². The standard InChI is InChI=1S/C21H22N4O/c1-2-6-15(7-3-1)17-12-18(17)23-14-21(9-5-10-21)20-24-19(26-25-20)16-8-4-11-22-13-16/h1-4,6-8,11,13,17-18,23H,5,9-10,12,14H2/t17?,18-/m0/s1. The van der Waals surface area contributed by atoms with Gasteiger partial charge in [-0.15, -0.1) is 0 Å². The maximum atomic E-state index is 5.52. The van der Waals surface area contributed by atoms with Crippen molar-refractivity contribution in [1.29, 1.82) is 0 Å². The Labute approximate surface area is 152 Å². The number of aromatic nitrogens is 3. The van der Waals surface area contributed by atoms with E-state index in [1.165, 1.54) is 18.4 Å². The molecule has 1 unspecified atom stereocenters. The van der Waals surface area contributed by atoms with Crippen LogP contribution in [0.1, 0.15) is 43.0 Å². The summed E-state index contributed by atoms with van der Waals surface area (Å²) in [7, 11) is 0. The molecular formula is C21H22N4O. The molecule has 2 fully saturated rings. The van der Waals surface area contributed by atoms with Crippen molar-refractivity contribution in [3.8, 4) is 11.5 Å². The Bertz CT molecular complexity index is 873. The van der Waals surface area contributed by atoms with Gasteiger partial charge in [-0.1, -0.05) is 41.9 Å². The average molecular weight is 346 g/mol. The van der Waals surface area contributed by atoms with Gasteiger partial charge in [0.15, 0.2) is 5.82 Å². The lowest BCUT2D eigenvalue weighted by atomic mass is 9.68. The molecule has 5 rings (SSSR count). The van der Waals surface area contributed by atoms with E-state index in [2.05, 4.69) is 45.8 Å². The second-order valence-electron chi connectivity index (χ2n) is 7.54. The van der Waals surface area contributed by atoms with Gasteiger partial charge in [-0.25, -0.2) is 0 Å². The van der Waals surface area contributed by atoms with E-state index in [1.54, 1.807) is 12.4 Å². The molecule has 0 bridgehead atoms. The number of nitrogens with zero attached hydrogens (tertiary/aromatic N) is 3. The fraction of sp³-hybridized carbons (Fsp3) is 0.381. The summed E-state index contributed by atoms with van der Waals surface area (Å²) >= 11 is 0. The molecule has 2 atom stereocenters. The third-order valence-corrected chi connectivity index (χ3v) is 5.84. The first-order chi connectivity index (χ1) is 12.8. The summed E-state index contributed by atoms with van der Waals surface area (Å²) in [4.78, 5) is 8.82. The molecule has 2 saturated carbocycles. The predicted octanol–water partition coefficient (Wildman–Crippen LogP) is 3.70. The molecule has 1 N–H and O–H groups in total. The number of hydrogen-bond acceptors (Lipinski definition) is 5. The molecule has 0 spiro atoms. The minimum atomic E-state index is 0.0216. The summed E-state index contributed by atoms with van der Waals surface area (Å²) in [6.07, 6.45) is 8.19. The molecule has 2 aliphatic rings. The van der Waals surface area contributed by atoms with Crippen molar-refractivity contribution in [2.45, 2.75) is 43.1 Å². The van der Waals surface area contributed by atoms with E-state index in [0.717, 1.165) is 30.8 Å². The molecular weight excluding hydrogens is 324 g/mol. The quantitative estimate of drug-likeness (QED) is 0.737. The Morgan fingerprint density at radius 2 is 2.00 bits per heavy atom. The smallest absolute Gasteiger partial charge is 0.259 e. The van der Waals surface area contributed by atoms with Crippen molar-refractivity contribution in [2.24, 2.45) is 0 Å². The fourth-order valence-electron chi connectivity index (χ4n) is 3.94. The number of benzene rings is 1. The maximum Gasteiger partial charge on any atom is 0.259 e. The summed E-state index contributed by atoms with van der Waals surface area (Å²) in [5.74, 6) is 2.05. The molecule has 0 amide bonds. The molecule has 5 heteroatoms. The van der Waals surface area contributed by atoms with Crippen molar-refractivity contribution in [3.63, 3.8) is 0 Å². The van der Waals surface area contributed by atoms with Gasteiger partial charge < -0.3 is 9.84 Å². The third kappa shape index (κ3) is 2.82. The van der Waals surface area contributed by atoms with E-state index in [1.807, 2.05) is 12.1 Å². The molecule has 2 aromatic heterocycles. The largest absolute Gasteiger partial charge is 0.334 e. The van der Waals surface area contributed by atoms with Gasteiger partial charge in [-0.2, -0.15) is 4.98 Å². The molecule has 2 aliphatic carbocycles. The fourth-order valence-corrected chi connectivity index (χ4v) is 3.94. The highest BCUT2D eigenvalue weighted by Crippen LogP contribution is 2.45. The second kappa shape index (κ2) is 6.32. The summed E-state index contributed by atoms with van der Waals surface area (Å²) in [6, 6.07) is 15.2. The summed E-state index contributed by atoms with van der Waals surface area (Å²) in [5.41, 5.74) is 2.33. The monoisotopic (exact) mass is 346 g/mol. The summed E-state index contributed by atoms with van der Waals surface area (Å²) in [5, 5.41) is 8.07. The first-order valence-corrected chi connectivity index (χ1v) is 9.37. The molecule has 0 aliphatic heterocycles. The van der Waals surface area contributed by atoms with Gasteiger partial charge in [0.05, 0.1) is 5.56 Å². The van der Waals surface area contributed by atoms with E-state index >= 15 is 0 Å². The highest BCUT2D eigenvalue weighted by molar-refractivity contribution is 5.50. The molecule has 0 radical (unpaired) electrons. The van der Waals surface area contributed by atoms with Gasteiger partial charge in [0.25, 0.3) is 5.89 Å². The number of rotatable bonds is 6. The Morgan fingerprint density at radius 3 is 2.73 bits per heavy atom. The molecule has 3 aromatic rings. The Balaban J connectivity index is 1.27. The van der Waals surface area contributed by atoms with Crippen LogP contribution < -0.4 is 5.32 Å². The highest BCUT2D eigenvalue weighted by atomic mass is 16.5. The molecule has 2 heterocycles. The van der Waals surface area contributed by atoms with Crippen LogP contribution in [0.15, 0.2) is 59.4 Å². The van der Waals surface area contributed by atoms with E-state index in [-0.39, 0.29) is 5.41 Å². The van der Waals surface area contributed by atoms with Gasteiger partial charge >= 0.3 is 0 Å². The minimum absolute atomic E-state index is 0.0216. The van der Waals surface area contributed by atoms with E-state index < -0.39 is 0 Å². The van der Waals surface area contributed by atoms with Crippen LogP contribution in [-0.4, -0.2) is 27.7 Å². The van der Waals surface area contributed by atoms with Crippen LogP contribution in [0, 0.1) is 0 Å². The molecule has 1 aromatic carbocycles. The van der Waals surface area contributed by atoms with Crippen molar-refractivity contribution in [2.75, 3.05) is 6.54 Å². The minimum Gasteiger partial charge on any atom is -0.334 e. The topological polar surface area (TPSA) is 63.8 Å². The first-order valence-electron chi connectivity index (χ1n) is 9.37. The number of pyridine rings is 1. The normalized spacial score (nSPS) is 23.4. The van der Waals surface area contributed by atoms with E-state index in [0.29, 0.717) is 17.9 Å². The van der Waals surface area contributed by atoms with Crippen LogP contribution in [0.2, 0.25) is 0 Å². The Kier molecular flexibility index (Phi) is 3.82. The van der Waals surface area contributed by atoms with Gasteiger partial charge in [0.1, 0.15) is 0 Å². The highest BCUT2D eigenvalue weighted by Gasteiger charge is 2.46. The average Bonchev–Trinajstić information content (AvgIpc) is 3.28. The zero-order valence-corrected chi connectivity index (χ0v) is 14.6. The molecule has 132 valence electrons. The Morgan fingerprint density at radius 1 is 1.12 bits per heavy atom. The third-order valence-electron chi connectivity index (χ3n) is 5.84. The van der Waals surface area contributed by atoms with Gasteiger partial charge in [0.2, 0.25) is 0 Å². The molecule has 26 heavy (non-hydrogen) atoms. The van der Waals surface area contributed by atoms with Crippen LogP contribution >= 0.6 is 0 Å². The van der Waals surface area contributed by atoms with Gasteiger partial charge in [-0.05, 0) is 37.0 Å². The summed E-state index contributed by atoms with van der Waals surface area (Å²) < 4.78 is 5.52. The number of hydrogen-bond donors (Lipinski definition) is 1. The number of nitrogens with one attached hydrogen (secondary N) is 1. The van der Waals surface area contributed by atoms with Crippen LogP contribution in [0.25, 0.3) is 11.5 Å².